The van der Waals surface area contributed by atoms with Gasteiger partial charge in [-0.05, 0) is 50.6 Å². The van der Waals surface area contributed by atoms with E-state index in [1.165, 1.54) is 0 Å². The highest BCUT2D eigenvalue weighted by molar-refractivity contribution is 9.10. The van der Waals surface area contributed by atoms with E-state index in [2.05, 4.69) is 21.2 Å². The first kappa shape index (κ1) is 18.4. The summed E-state index contributed by atoms with van der Waals surface area (Å²) in [5, 5.41) is 3.52. The number of rotatable bonds is 4. The van der Waals surface area contributed by atoms with E-state index in [1.54, 1.807) is 6.20 Å². The molecule has 5 heteroatoms. The first-order chi connectivity index (χ1) is 12.4. The van der Waals surface area contributed by atoms with Gasteiger partial charge in [-0.2, -0.15) is 0 Å². The smallest absolute Gasteiger partial charge is 0.257 e. The molecular formula is C21H21BrN2O2. The number of fused-ring (bicyclic) bond motifs is 1. The molecule has 0 unspecified atom stereocenters. The second-order valence-electron chi connectivity index (χ2n) is 6.43. The Morgan fingerprint density at radius 1 is 1.23 bits per heavy atom. The third-order valence-electron chi connectivity index (χ3n) is 4.52. The molecule has 0 radical (unpaired) electrons. The van der Waals surface area contributed by atoms with E-state index < -0.39 is 0 Å². The van der Waals surface area contributed by atoms with Crippen LogP contribution in [0.3, 0.4) is 0 Å². The standard InChI is InChI=1S/C21H21BrN2O2/c1-4-24-12-18(20(25)17-10-13(2)8-9-19(17)24)21(26)23-14(3)15-6-5-7-16(22)11-15/h5-12,14H,4H2,1-3H3,(H,23,26)/t14-/m1/s1. The molecule has 3 rings (SSSR count). The summed E-state index contributed by atoms with van der Waals surface area (Å²) in [6.45, 7) is 6.53. The number of nitrogens with one attached hydrogen (secondary N) is 1. The van der Waals surface area contributed by atoms with Gasteiger partial charge in [-0.15, -0.1) is 0 Å². The second kappa shape index (κ2) is 7.46. The summed E-state index contributed by atoms with van der Waals surface area (Å²) >= 11 is 3.44. The number of halogens is 1. The normalized spacial score (nSPS) is 12.2. The number of hydrogen-bond donors (Lipinski definition) is 1. The van der Waals surface area contributed by atoms with E-state index >= 15 is 0 Å². The summed E-state index contributed by atoms with van der Waals surface area (Å²) in [6.07, 6.45) is 1.66. The van der Waals surface area contributed by atoms with E-state index in [9.17, 15) is 9.59 Å². The fourth-order valence-corrected chi connectivity index (χ4v) is 3.49. The minimum Gasteiger partial charge on any atom is -0.347 e. The van der Waals surface area contributed by atoms with Gasteiger partial charge in [-0.3, -0.25) is 9.59 Å². The zero-order chi connectivity index (χ0) is 18.8. The summed E-state index contributed by atoms with van der Waals surface area (Å²) in [5.41, 5.74) is 2.76. The number of hydrogen-bond acceptors (Lipinski definition) is 2. The average molecular weight is 413 g/mol. The van der Waals surface area contributed by atoms with Crippen LogP contribution in [-0.4, -0.2) is 10.5 Å². The fourth-order valence-electron chi connectivity index (χ4n) is 3.07. The van der Waals surface area contributed by atoms with Gasteiger partial charge in [0.05, 0.1) is 11.6 Å². The van der Waals surface area contributed by atoms with Crippen LogP contribution in [-0.2, 0) is 6.54 Å². The third-order valence-corrected chi connectivity index (χ3v) is 5.01. The Balaban J connectivity index is 2.00. The van der Waals surface area contributed by atoms with Crippen molar-refractivity contribution in [3.05, 3.63) is 80.0 Å². The molecule has 1 N–H and O–H groups in total. The lowest BCUT2D eigenvalue weighted by Gasteiger charge is -2.16. The van der Waals surface area contributed by atoms with E-state index in [-0.39, 0.29) is 22.9 Å². The molecule has 0 aliphatic rings. The Bertz CT molecular complexity index is 1040. The van der Waals surface area contributed by atoms with Crippen LogP contribution in [0.5, 0.6) is 0 Å². The lowest BCUT2D eigenvalue weighted by Crippen LogP contribution is -2.31. The van der Waals surface area contributed by atoms with E-state index in [4.69, 9.17) is 0 Å². The maximum atomic E-state index is 12.9. The molecule has 4 nitrogen and oxygen atoms in total. The van der Waals surface area contributed by atoms with Gasteiger partial charge in [-0.1, -0.05) is 39.7 Å². The third kappa shape index (κ3) is 3.58. The summed E-state index contributed by atoms with van der Waals surface area (Å²) in [5.74, 6) is -0.354. The number of aromatic nitrogens is 1. The fraction of sp³-hybridized carbons (Fsp3) is 0.238. The summed E-state index contributed by atoms with van der Waals surface area (Å²) in [7, 11) is 0. The number of amides is 1. The monoisotopic (exact) mass is 412 g/mol. The molecule has 0 saturated heterocycles. The van der Waals surface area contributed by atoms with Crippen molar-refractivity contribution >= 4 is 32.7 Å². The van der Waals surface area contributed by atoms with Crippen molar-refractivity contribution in [2.24, 2.45) is 0 Å². The van der Waals surface area contributed by atoms with E-state index in [0.717, 1.165) is 21.1 Å². The van der Waals surface area contributed by atoms with Gasteiger partial charge in [0, 0.05) is 22.6 Å². The Labute approximate surface area is 161 Å². The Hall–Kier alpha value is -2.40. The summed E-state index contributed by atoms with van der Waals surface area (Å²) in [6, 6.07) is 13.3. The topological polar surface area (TPSA) is 51.1 Å². The lowest BCUT2D eigenvalue weighted by atomic mass is 10.1. The molecule has 1 amide bonds. The molecule has 1 heterocycles. The first-order valence-electron chi connectivity index (χ1n) is 8.61. The number of aryl methyl sites for hydroxylation is 2. The predicted molar refractivity (Wildman–Crippen MR) is 109 cm³/mol. The molecule has 1 atom stereocenters. The number of nitrogens with zero attached hydrogens (tertiary/aromatic N) is 1. The van der Waals surface area contributed by atoms with E-state index in [1.807, 2.05) is 67.8 Å². The molecule has 134 valence electrons. The highest BCUT2D eigenvalue weighted by Gasteiger charge is 2.17. The SMILES string of the molecule is CCn1cc(C(=O)N[C@H](C)c2cccc(Br)c2)c(=O)c2cc(C)ccc21. The van der Waals surface area contributed by atoms with Crippen molar-refractivity contribution < 1.29 is 4.79 Å². The lowest BCUT2D eigenvalue weighted by molar-refractivity contribution is 0.0938. The van der Waals surface area contributed by atoms with Crippen molar-refractivity contribution in [1.82, 2.24) is 9.88 Å². The molecular weight excluding hydrogens is 392 g/mol. The second-order valence-corrected chi connectivity index (χ2v) is 7.34. The predicted octanol–water partition coefficient (Wildman–Crippen LogP) is 4.58. The van der Waals surface area contributed by atoms with Gasteiger partial charge in [0.2, 0.25) is 5.43 Å². The van der Waals surface area contributed by atoms with Crippen molar-refractivity contribution in [1.29, 1.82) is 0 Å². The molecule has 0 aliphatic heterocycles. The van der Waals surface area contributed by atoms with Crippen LogP contribution in [0, 0.1) is 6.92 Å². The highest BCUT2D eigenvalue weighted by atomic mass is 79.9. The molecule has 1 aromatic heterocycles. The first-order valence-corrected chi connectivity index (χ1v) is 9.40. The number of carbonyl (C=O) groups excluding carboxylic acids is 1. The van der Waals surface area contributed by atoms with Crippen molar-refractivity contribution in [2.75, 3.05) is 0 Å². The van der Waals surface area contributed by atoms with Crippen LogP contribution < -0.4 is 10.7 Å². The molecule has 3 aromatic rings. The molecule has 26 heavy (non-hydrogen) atoms. The molecule has 0 saturated carbocycles. The van der Waals surface area contributed by atoms with E-state index in [0.29, 0.717) is 11.9 Å². The Morgan fingerprint density at radius 2 is 2.00 bits per heavy atom. The molecule has 0 bridgehead atoms. The van der Waals surface area contributed by atoms with Crippen LogP contribution >= 0.6 is 15.9 Å². The molecule has 0 aliphatic carbocycles. The van der Waals surface area contributed by atoms with Gasteiger partial charge in [0.1, 0.15) is 5.56 Å². The molecule has 0 spiro atoms. The van der Waals surface area contributed by atoms with Gasteiger partial charge < -0.3 is 9.88 Å². The van der Waals surface area contributed by atoms with Gasteiger partial charge in [-0.25, -0.2) is 0 Å². The van der Waals surface area contributed by atoms with Crippen LogP contribution in [0.25, 0.3) is 10.9 Å². The van der Waals surface area contributed by atoms with Gasteiger partial charge >= 0.3 is 0 Å². The quantitative estimate of drug-likeness (QED) is 0.681. The van der Waals surface area contributed by atoms with Crippen molar-refractivity contribution in [3.63, 3.8) is 0 Å². The number of carbonyl (C=O) groups is 1. The Kier molecular flexibility index (Phi) is 5.28. The zero-order valence-electron chi connectivity index (χ0n) is 15.0. The van der Waals surface area contributed by atoms with Gasteiger partial charge in [0.25, 0.3) is 5.91 Å². The van der Waals surface area contributed by atoms with Crippen LogP contribution in [0.15, 0.2) is 57.9 Å². The largest absolute Gasteiger partial charge is 0.347 e. The van der Waals surface area contributed by atoms with Crippen molar-refractivity contribution in [2.45, 2.75) is 33.4 Å². The van der Waals surface area contributed by atoms with Crippen LogP contribution in [0.1, 0.15) is 41.4 Å². The van der Waals surface area contributed by atoms with Gasteiger partial charge in [0.15, 0.2) is 0 Å². The summed E-state index contributed by atoms with van der Waals surface area (Å²) < 4.78 is 2.89. The number of pyridine rings is 1. The maximum absolute atomic E-state index is 12.9. The minimum atomic E-state index is -0.354. The minimum absolute atomic E-state index is 0.173. The zero-order valence-corrected chi connectivity index (χ0v) is 16.6. The summed E-state index contributed by atoms with van der Waals surface area (Å²) in [4.78, 5) is 25.7. The number of benzene rings is 2. The average Bonchev–Trinajstić information content (AvgIpc) is 2.62. The maximum Gasteiger partial charge on any atom is 0.257 e. The molecule has 2 aromatic carbocycles. The van der Waals surface area contributed by atoms with Crippen LogP contribution in [0.2, 0.25) is 0 Å². The Morgan fingerprint density at radius 3 is 2.69 bits per heavy atom. The van der Waals surface area contributed by atoms with Crippen LogP contribution in [0.4, 0.5) is 0 Å². The van der Waals surface area contributed by atoms with Crippen molar-refractivity contribution in [3.8, 4) is 0 Å². The molecule has 0 fully saturated rings. The highest BCUT2D eigenvalue weighted by Crippen LogP contribution is 2.19.